The fourth-order valence-electron chi connectivity index (χ4n) is 4.77. The van der Waals surface area contributed by atoms with E-state index in [1.807, 2.05) is 34.9 Å². The molecule has 0 fully saturated rings. The molecule has 3 N–H and O–H groups in total. The fourth-order valence-corrected chi connectivity index (χ4v) is 4.77. The Morgan fingerprint density at radius 1 is 1.00 bits per heavy atom. The quantitative estimate of drug-likeness (QED) is 0.355. The average Bonchev–Trinajstić information content (AvgIpc) is 3.30. The van der Waals surface area contributed by atoms with Crippen molar-refractivity contribution < 1.29 is 14.3 Å². The number of carbonyl (C=O) groups excluding carboxylic acids is 1. The first kappa shape index (κ1) is 24.0. The molecule has 3 aromatic carbocycles. The van der Waals surface area contributed by atoms with Crippen LogP contribution in [0, 0.1) is 5.82 Å². The van der Waals surface area contributed by atoms with Crippen LogP contribution in [0.25, 0.3) is 11.0 Å². The van der Waals surface area contributed by atoms with Crippen LogP contribution < -0.4 is 10.6 Å². The highest BCUT2D eigenvalue weighted by Gasteiger charge is 2.20. The molecule has 0 saturated heterocycles. The Hall–Kier alpha value is -3.75. The zero-order valence-electron chi connectivity index (χ0n) is 20.0. The van der Waals surface area contributed by atoms with Gasteiger partial charge in [0.2, 0.25) is 0 Å². The van der Waals surface area contributed by atoms with E-state index < -0.39 is 18.2 Å². The van der Waals surface area contributed by atoms with E-state index in [0.29, 0.717) is 13.1 Å². The number of halogens is 1. The summed E-state index contributed by atoms with van der Waals surface area (Å²) in [6, 6.07) is 21.4. The Labute approximate surface area is 209 Å². The van der Waals surface area contributed by atoms with E-state index in [2.05, 4.69) is 38.7 Å². The number of fused-ring (bicyclic) bond motifs is 2. The van der Waals surface area contributed by atoms with Crippen molar-refractivity contribution in [3.05, 3.63) is 102 Å². The first-order valence-corrected chi connectivity index (χ1v) is 12.2. The van der Waals surface area contributed by atoms with Crippen LogP contribution in [-0.4, -0.2) is 51.3 Å². The minimum Gasteiger partial charge on any atom is -0.390 e. The van der Waals surface area contributed by atoms with E-state index in [4.69, 9.17) is 0 Å². The van der Waals surface area contributed by atoms with E-state index in [9.17, 15) is 14.3 Å². The third-order valence-corrected chi connectivity index (χ3v) is 6.66. The highest BCUT2D eigenvalue weighted by atomic mass is 19.1. The number of aliphatic hydroxyl groups is 1. The summed E-state index contributed by atoms with van der Waals surface area (Å²) in [6.07, 6.45) is 2.00. The third kappa shape index (κ3) is 5.72. The summed E-state index contributed by atoms with van der Waals surface area (Å²) in [7, 11) is 0. The molecule has 8 heteroatoms. The van der Waals surface area contributed by atoms with Crippen LogP contribution >= 0.6 is 0 Å². The van der Waals surface area contributed by atoms with Gasteiger partial charge in [-0.3, -0.25) is 4.90 Å². The Kier molecular flexibility index (Phi) is 7.25. The number of carbonyl (C=O) groups is 1. The molecule has 0 spiro atoms. The van der Waals surface area contributed by atoms with Gasteiger partial charge in [-0.15, -0.1) is 0 Å². The molecule has 0 radical (unpaired) electrons. The largest absolute Gasteiger partial charge is 0.390 e. The van der Waals surface area contributed by atoms with E-state index in [1.165, 1.54) is 23.3 Å². The van der Waals surface area contributed by atoms with Crippen molar-refractivity contribution in [3.8, 4) is 0 Å². The lowest BCUT2D eigenvalue weighted by molar-refractivity contribution is 0.105. The van der Waals surface area contributed by atoms with Crippen LogP contribution in [0.4, 0.5) is 9.18 Å². The topological polar surface area (TPSA) is 82.4 Å². The van der Waals surface area contributed by atoms with Crippen LogP contribution in [0.1, 0.15) is 22.7 Å². The first-order chi connectivity index (χ1) is 17.5. The van der Waals surface area contributed by atoms with Gasteiger partial charge in [-0.2, -0.15) is 0 Å². The number of nitrogens with one attached hydrogen (secondary N) is 2. The minimum absolute atomic E-state index is 0.133. The molecule has 0 saturated carbocycles. The monoisotopic (exact) mass is 487 g/mol. The lowest BCUT2D eigenvalue weighted by atomic mass is 10.00. The number of hydrogen-bond donors (Lipinski definition) is 3. The zero-order valence-corrected chi connectivity index (χ0v) is 20.0. The zero-order chi connectivity index (χ0) is 24.9. The van der Waals surface area contributed by atoms with Crippen molar-refractivity contribution in [3.63, 3.8) is 0 Å². The molecular weight excluding hydrogens is 457 g/mol. The molecule has 4 aromatic rings. The maximum Gasteiger partial charge on any atom is 0.315 e. The summed E-state index contributed by atoms with van der Waals surface area (Å²) in [5.41, 5.74) is 5.24. The molecule has 0 bridgehead atoms. The molecule has 2 atom stereocenters. The van der Waals surface area contributed by atoms with Crippen LogP contribution in [-0.2, 0) is 19.5 Å². The summed E-state index contributed by atoms with van der Waals surface area (Å²) in [6.45, 7) is 2.72. The molecular formula is C28H30FN5O2. The van der Waals surface area contributed by atoms with Gasteiger partial charge in [0.1, 0.15) is 5.82 Å². The lowest BCUT2D eigenvalue weighted by Gasteiger charge is -2.30. The molecule has 0 aliphatic carbocycles. The number of aliphatic hydroxyl groups excluding tert-OH is 1. The number of rotatable bonds is 8. The van der Waals surface area contributed by atoms with Crippen LogP contribution in [0.5, 0.6) is 0 Å². The van der Waals surface area contributed by atoms with Crippen molar-refractivity contribution in [1.29, 1.82) is 0 Å². The molecule has 1 aliphatic heterocycles. The van der Waals surface area contributed by atoms with Gasteiger partial charge in [0.15, 0.2) is 0 Å². The number of β-amino-alcohol motifs (C(OH)–C–C–N with tert-alkyl or cyclic N) is 1. The second-order valence-electron chi connectivity index (χ2n) is 9.25. The molecule has 7 nitrogen and oxygen atoms in total. The second kappa shape index (κ2) is 10.9. The smallest absolute Gasteiger partial charge is 0.315 e. The first-order valence-electron chi connectivity index (χ1n) is 12.2. The second-order valence-corrected chi connectivity index (χ2v) is 9.25. The highest BCUT2D eigenvalue weighted by Crippen LogP contribution is 2.20. The molecule has 2 amide bonds. The average molecular weight is 488 g/mol. The van der Waals surface area contributed by atoms with E-state index in [1.54, 1.807) is 18.5 Å². The standard InChI is InChI=1S/C28H30FN5O2/c29-23-11-9-21(10-12-23)26(18-34-19-31-25-7-3-4-8-27(25)34)32-28(36)30-15-24(35)17-33-14-13-20-5-1-2-6-22(20)16-33/h1-12,19,24,26,35H,13-18H2,(H2,30,32,36). The third-order valence-electron chi connectivity index (χ3n) is 6.66. The number of nitrogens with zero attached hydrogens (tertiary/aromatic N) is 3. The number of hydrogen-bond acceptors (Lipinski definition) is 4. The summed E-state index contributed by atoms with van der Waals surface area (Å²) in [5, 5.41) is 16.3. The van der Waals surface area contributed by atoms with Crippen LogP contribution in [0.2, 0.25) is 0 Å². The van der Waals surface area contributed by atoms with Crippen molar-refractivity contribution in [2.24, 2.45) is 0 Å². The summed E-state index contributed by atoms with van der Waals surface area (Å²) >= 11 is 0. The number of aromatic nitrogens is 2. The van der Waals surface area contributed by atoms with Gasteiger partial charge in [0.25, 0.3) is 0 Å². The van der Waals surface area contributed by atoms with Gasteiger partial charge in [0, 0.05) is 32.7 Å². The van der Waals surface area contributed by atoms with Gasteiger partial charge < -0.3 is 20.3 Å². The number of amides is 2. The van der Waals surface area contributed by atoms with Crippen LogP contribution in [0.3, 0.4) is 0 Å². The fraction of sp³-hybridized carbons (Fsp3) is 0.286. The summed E-state index contributed by atoms with van der Waals surface area (Å²) in [4.78, 5) is 19.4. The number of para-hydroxylation sites is 2. The van der Waals surface area contributed by atoms with Gasteiger partial charge in [0.05, 0.1) is 29.5 Å². The van der Waals surface area contributed by atoms with Gasteiger partial charge in [-0.1, -0.05) is 48.5 Å². The van der Waals surface area contributed by atoms with Gasteiger partial charge in [-0.25, -0.2) is 14.2 Å². The Bertz CT molecular complexity index is 1320. The van der Waals surface area contributed by atoms with Crippen molar-refractivity contribution in [2.45, 2.75) is 31.7 Å². The maximum atomic E-state index is 13.5. The molecule has 2 heterocycles. The molecule has 1 aromatic heterocycles. The Morgan fingerprint density at radius 2 is 1.75 bits per heavy atom. The van der Waals surface area contributed by atoms with Crippen molar-refractivity contribution in [2.75, 3.05) is 19.6 Å². The SMILES string of the molecule is O=C(NCC(O)CN1CCc2ccccc2C1)NC(Cn1cnc2ccccc21)c1ccc(F)cc1. The normalized spacial score (nSPS) is 15.3. The van der Waals surface area contributed by atoms with E-state index in [0.717, 1.165) is 36.1 Å². The number of imidazole rings is 1. The molecule has 186 valence electrons. The van der Waals surface area contributed by atoms with Crippen molar-refractivity contribution >= 4 is 17.1 Å². The molecule has 36 heavy (non-hydrogen) atoms. The number of urea groups is 1. The highest BCUT2D eigenvalue weighted by molar-refractivity contribution is 5.76. The predicted octanol–water partition coefficient (Wildman–Crippen LogP) is 3.64. The van der Waals surface area contributed by atoms with Crippen molar-refractivity contribution in [1.82, 2.24) is 25.1 Å². The van der Waals surface area contributed by atoms with Gasteiger partial charge in [-0.05, 0) is 47.4 Å². The van der Waals surface area contributed by atoms with Gasteiger partial charge >= 0.3 is 6.03 Å². The molecule has 2 unspecified atom stereocenters. The Morgan fingerprint density at radius 3 is 2.58 bits per heavy atom. The predicted molar refractivity (Wildman–Crippen MR) is 137 cm³/mol. The maximum absolute atomic E-state index is 13.5. The minimum atomic E-state index is -0.692. The Balaban J connectivity index is 1.19. The summed E-state index contributed by atoms with van der Waals surface area (Å²) in [5.74, 6) is -0.335. The molecule has 1 aliphatic rings. The lowest BCUT2D eigenvalue weighted by Crippen LogP contribution is -2.45. The van der Waals surface area contributed by atoms with Crippen LogP contribution in [0.15, 0.2) is 79.1 Å². The summed E-state index contributed by atoms with van der Waals surface area (Å²) < 4.78 is 15.5. The van der Waals surface area contributed by atoms with E-state index in [-0.39, 0.29) is 12.4 Å². The molecule has 5 rings (SSSR count). The number of benzene rings is 3. The van der Waals surface area contributed by atoms with E-state index >= 15 is 0 Å².